The molecule has 0 bridgehead atoms. The SMILES string of the molecule is CN(C(=O)c1ccc(Cn2cnc3ccccc32)cc1F)C1CCN(C2CCC2)C1. The van der Waals surface area contributed by atoms with Gasteiger partial charge in [0.1, 0.15) is 5.82 Å². The number of likely N-dealkylation sites (N-methyl/N-ethyl adjacent to an activating group) is 1. The number of aromatic nitrogens is 2. The molecule has 1 aliphatic carbocycles. The van der Waals surface area contributed by atoms with Crippen molar-refractivity contribution in [3.05, 3.63) is 65.7 Å². The molecule has 5 rings (SSSR count). The molecule has 156 valence electrons. The Balaban J connectivity index is 1.28. The largest absolute Gasteiger partial charge is 0.337 e. The zero-order chi connectivity index (χ0) is 20.7. The second-order valence-electron chi connectivity index (χ2n) is 8.61. The predicted molar refractivity (Wildman–Crippen MR) is 115 cm³/mol. The molecule has 1 amide bonds. The lowest BCUT2D eigenvalue weighted by Crippen LogP contribution is -2.43. The van der Waals surface area contributed by atoms with Crippen LogP contribution in [0.25, 0.3) is 11.0 Å². The maximum absolute atomic E-state index is 14.9. The van der Waals surface area contributed by atoms with Gasteiger partial charge in [-0.25, -0.2) is 9.37 Å². The van der Waals surface area contributed by atoms with Crippen molar-refractivity contribution in [2.24, 2.45) is 0 Å². The van der Waals surface area contributed by atoms with Crippen LogP contribution < -0.4 is 0 Å². The third-order valence-corrected chi connectivity index (χ3v) is 6.80. The number of carbonyl (C=O) groups excluding carboxylic acids is 1. The van der Waals surface area contributed by atoms with Crippen molar-refractivity contribution in [3.8, 4) is 0 Å². The number of likely N-dealkylation sites (tertiary alicyclic amines) is 1. The summed E-state index contributed by atoms with van der Waals surface area (Å²) >= 11 is 0. The molecule has 3 aromatic rings. The summed E-state index contributed by atoms with van der Waals surface area (Å²) in [5.41, 5.74) is 2.89. The molecule has 5 nitrogen and oxygen atoms in total. The van der Waals surface area contributed by atoms with E-state index in [4.69, 9.17) is 0 Å². The van der Waals surface area contributed by atoms with Crippen LogP contribution in [0.15, 0.2) is 48.8 Å². The van der Waals surface area contributed by atoms with Crippen molar-refractivity contribution in [1.29, 1.82) is 0 Å². The Labute approximate surface area is 176 Å². The van der Waals surface area contributed by atoms with Gasteiger partial charge < -0.3 is 9.47 Å². The van der Waals surface area contributed by atoms with Gasteiger partial charge in [-0.2, -0.15) is 0 Å². The van der Waals surface area contributed by atoms with E-state index in [1.165, 1.54) is 25.3 Å². The first-order valence-electron chi connectivity index (χ1n) is 10.8. The smallest absolute Gasteiger partial charge is 0.256 e. The van der Waals surface area contributed by atoms with Crippen LogP contribution >= 0.6 is 0 Å². The molecular weight excluding hydrogens is 379 g/mol. The molecular formula is C24H27FN4O. The molecule has 0 N–H and O–H groups in total. The maximum Gasteiger partial charge on any atom is 0.256 e. The minimum Gasteiger partial charge on any atom is -0.337 e. The lowest BCUT2D eigenvalue weighted by Gasteiger charge is -2.35. The van der Waals surface area contributed by atoms with Crippen LogP contribution in [0, 0.1) is 5.82 Å². The Morgan fingerprint density at radius 1 is 1.20 bits per heavy atom. The highest BCUT2D eigenvalue weighted by molar-refractivity contribution is 5.94. The zero-order valence-corrected chi connectivity index (χ0v) is 17.3. The van der Waals surface area contributed by atoms with Gasteiger partial charge in [0.25, 0.3) is 5.91 Å². The molecule has 0 spiro atoms. The average Bonchev–Trinajstić information content (AvgIpc) is 3.34. The van der Waals surface area contributed by atoms with Crippen molar-refractivity contribution in [3.63, 3.8) is 0 Å². The zero-order valence-electron chi connectivity index (χ0n) is 17.3. The van der Waals surface area contributed by atoms with Gasteiger partial charge in [0.05, 0.1) is 22.9 Å². The van der Waals surface area contributed by atoms with Gasteiger partial charge in [0.15, 0.2) is 0 Å². The van der Waals surface area contributed by atoms with Gasteiger partial charge in [-0.1, -0.05) is 24.6 Å². The molecule has 2 aromatic carbocycles. The van der Waals surface area contributed by atoms with Gasteiger partial charge in [-0.3, -0.25) is 9.69 Å². The van der Waals surface area contributed by atoms with Crippen molar-refractivity contribution >= 4 is 16.9 Å². The van der Waals surface area contributed by atoms with Crippen LogP contribution in [0.2, 0.25) is 0 Å². The number of hydrogen-bond donors (Lipinski definition) is 0. The minimum atomic E-state index is -0.456. The van der Waals surface area contributed by atoms with Crippen LogP contribution in [0.1, 0.15) is 41.6 Å². The molecule has 6 heteroatoms. The molecule has 1 aliphatic heterocycles. The fourth-order valence-corrected chi connectivity index (χ4v) is 4.69. The third-order valence-electron chi connectivity index (χ3n) is 6.80. The number of halogens is 1. The molecule has 1 saturated heterocycles. The van der Waals surface area contributed by atoms with Crippen molar-refractivity contribution in [2.75, 3.05) is 20.1 Å². The number of para-hydroxylation sites is 2. The topological polar surface area (TPSA) is 41.4 Å². The number of fused-ring (bicyclic) bond motifs is 1. The van der Waals surface area contributed by atoms with Crippen LogP contribution in [0.3, 0.4) is 0 Å². The Hall–Kier alpha value is -2.73. The van der Waals surface area contributed by atoms with Crippen molar-refractivity contribution in [1.82, 2.24) is 19.4 Å². The Bertz CT molecular complexity index is 1070. The monoisotopic (exact) mass is 406 g/mol. The second-order valence-corrected chi connectivity index (χ2v) is 8.61. The standard InChI is InChI=1S/C24H27FN4O/c1-27(19-11-12-28(15-19)18-5-4-6-18)24(30)20-10-9-17(13-21(20)25)14-29-16-26-22-7-2-3-8-23(22)29/h2-3,7-10,13,16,18-19H,4-6,11-12,14-15H2,1H3. The summed E-state index contributed by atoms with van der Waals surface area (Å²) in [6.07, 6.45) is 6.59. The van der Waals surface area contributed by atoms with Crippen LogP contribution in [-0.2, 0) is 6.54 Å². The minimum absolute atomic E-state index is 0.152. The van der Waals surface area contributed by atoms with E-state index in [0.29, 0.717) is 12.6 Å². The molecule has 1 saturated carbocycles. The molecule has 2 fully saturated rings. The summed E-state index contributed by atoms with van der Waals surface area (Å²) in [5.74, 6) is -0.685. The fourth-order valence-electron chi connectivity index (χ4n) is 4.69. The molecule has 1 atom stereocenters. The van der Waals surface area contributed by atoms with Crippen molar-refractivity contribution < 1.29 is 9.18 Å². The third kappa shape index (κ3) is 3.49. The molecule has 2 heterocycles. The number of imidazole rings is 1. The Morgan fingerprint density at radius 2 is 2.03 bits per heavy atom. The predicted octanol–water partition coefficient (Wildman–Crippen LogP) is 3.92. The molecule has 2 aliphatic rings. The number of amides is 1. The van der Waals surface area contributed by atoms with Crippen LogP contribution in [-0.4, -0.2) is 57.5 Å². The van der Waals surface area contributed by atoms with E-state index in [-0.39, 0.29) is 17.5 Å². The van der Waals surface area contributed by atoms with E-state index in [9.17, 15) is 9.18 Å². The van der Waals surface area contributed by atoms with Gasteiger partial charge in [0, 0.05) is 38.8 Å². The highest BCUT2D eigenvalue weighted by atomic mass is 19.1. The molecule has 0 radical (unpaired) electrons. The summed E-state index contributed by atoms with van der Waals surface area (Å²) < 4.78 is 16.9. The lowest BCUT2D eigenvalue weighted by atomic mass is 9.92. The first-order chi connectivity index (χ1) is 14.6. The number of carbonyl (C=O) groups is 1. The Morgan fingerprint density at radius 3 is 2.80 bits per heavy atom. The van der Waals surface area contributed by atoms with Gasteiger partial charge >= 0.3 is 0 Å². The summed E-state index contributed by atoms with van der Waals surface area (Å²) in [6, 6.07) is 13.7. The second kappa shape index (κ2) is 7.84. The maximum atomic E-state index is 14.9. The Kier molecular flexibility index (Phi) is 5.03. The quantitative estimate of drug-likeness (QED) is 0.645. The normalized spacial score (nSPS) is 19.9. The van der Waals surface area contributed by atoms with E-state index >= 15 is 0 Å². The highest BCUT2D eigenvalue weighted by Gasteiger charge is 2.35. The number of hydrogen-bond acceptors (Lipinski definition) is 3. The van der Waals surface area contributed by atoms with Crippen molar-refractivity contribution in [2.45, 2.75) is 44.3 Å². The number of nitrogens with zero attached hydrogens (tertiary/aromatic N) is 4. The van der Waals surface area contributed by atoms with Gasteiger partial charge in [0.2, 0.25) is 0 Å². The molecule has 1 unspecified atom stereocenters. The number of rotatable bonds is 5. The fraction of sp³-hybridized carbons (Fsp3) is 0.417. The molecule has 1 aromatic heterocycles. The first-order valence-corrected chi connectivity index (χ1v) is 10.8. The van der Waals surface area contributed by atoms with E-state index in [2.05, 4.69) is 9.88 Å². The summed E-state index contributed by atoms with van der Waals surface area (Å²) in [7, 11) is 1.81. The van der Waals surface area contributed by atoms with Crippen LogP contribution in [0.4, 0.5) is 4.39 Å². The van der Waals surface area contributed by atoms with Crippen LogP contribution in [0.5, 0.6) is 0 Å². The molecule has 30 heavy (non-hydrogen) atoms. The van der Waals surface area contributed by atoms with E-state index in [1.54, 1.807) is 17.3 Å². The summed E-state index contributed by atoms with van der Waals surface area (Å²) in [5, 5.41) is 0. The first kappa shape index (κ1) is 19.2. The van der Waals surface area contributed by atoms with E-state index < -0.39 is 5.82 Å². The number of benzene rings is 2. The van der Waals surface area contributed by atoms with Gasteiger partial charge in [-0.05, 0) is 49.1 Å². The van der Waals surface area contributed by atoms with Gasteiger partial charge in [-0.15, -0.1) is 0 Å². The summed E-state index contributed by atoms with van der Waals surface area (Å²) in [6.45, 7) is 2.45. The lowest BCUT2D eigenvalue weighted by molar-refractivity contribution is 0.0715. The average molecular weight is 407 g/mol. The van der Waals surface area contributed by atoms with E-state index in [1.807, 2.05) is 41.9 Å². The summed E-state index contributed by atoms with van der Waals surface area (Å²) in [4.78, 5) is 21.6. The highest BCUT2D eigenvalue weighted by Crippen LogP contribution is 2.29. The van der Waals surface area contributed by atoms with E-state index in [0.717, 1.165) is 36.1 Å².